The highest BCUT2D eigenvalue weighted by Gasteiger charge is 2.15. The van der Waals surface area contributed by atoms with Gasteiger partial charge in [-0.15, -0.1) is 11.8 Å². The molecule has 0 saturated heterocycles. The molecule has 1 heterocycles. The predicted octanol–water partition coefficient (Wildman–Crippen LogP) is 4.02. The van der Waals surface area contributed by atoms with Crippen molar-refractivity contribution in [1.82, 2.24) is 4.98 Å². The molecule has 1 aliphatic rings. The number of hydrogen-bond donors (Lipinski definition) is 0. The fourth-order valence-corrected chi connectivity index (χ4v) is 3.20. The molecule has 0 aromatic carbocycles. The maximum atomic E-state index is 6.03. The topological polar surface area (TPSA) is 12.9 Å². The van der Waals surface area contributed by atoms with E-state index in [9.17, 15) is 0 Å². The molecule has 1 aliphatic carbocycles. The summed E-state index contributed by atoms with van der Waals surface area (Å²) in [5.41, 5.74) is 0. The van der Waals surface area contributed by atoms with Crippen molar-refractivity contribution in [2.45, 2.75) is 30.7 Å². The minimum absolute atomic E-state index is 0.787. The van der Waals surface area contributed by atoms with Crippen LogP contribution in [0.25, 0.3) is 0 Å². The van der Waals surface area contributed by atoms with Gasteiger partial charge in [0.05, 0.1) is 5.02 Å². The van der Waals surface area contributed by atoms with Crippen LogP contribution in [-0.2, 0) is 0 Å². The van der Waals surface area contributed by atoms with Gasteiger partial charge >= 0.3 is 0 Å². The second kappa shape index (κ2) is 5.04. The highest BCUT2D eigenvalue weighted by atomic mass is 35.5. The Hall–Kier alpha value is -0.210. The van der Waals surface area contributed by atoms with E-state index in [4.69, 9.17) is 11.6 Å². The van der Waals surface area contributed by atoms with Crippen LogP contribution in [0, 0.1) is 5.92 Å². The van der Waals surface area contributed by atoms with Crippen LogP contribution in [0.15, 0.2) is 23.4 Å². The summed E-state index contributed by atoms with van der Waals surface area (Å²) >= 11 is 7.83. The van der Waals surface area contributed by atoms with Crippen LogP contribution in [0.3, 0.4) is 0 Å². The molecular formula is C11H14ClNS. The summed E-state index contributed by atoms with van der Waals surface area (Å²) in [5.74, 6) is 2.06. The number of aromatic nitrogens is 1. The van der Waals surface area contributed by atoms with Gasteiger partial charge in [-0.2, -0.15) is 0 Å². The Morgan fingerprint density at radius 2 is 2.21 bits per heavy atom. The van der Waals surface area contributed by atoms with Crippen molar-refractivity contribution in [2.75, 3.05) is 5.75 Å². The first-order chi connectivity index (χ1) is 6.86. The van der Waals surface area contributed by atoms with Gasteiger partial charge < -0.3 is 0 Å². The zero-order valence-corrected chi connectivity index (χ0v) is 9.65. The molecule has 1 fully saturated rings. The maximum Gasteiger partial charge on any atom is 0.115 e. The number of rotatable bonds is 3. The molecule has 1 saturated carbocycles. The largest absolute Gasteiger partial charge is 0.248 e. The average molecular weight is 228 g/mol. The van der Waals surface area contributed by atoms with Crippen LogP contribution in [-0.4, -0.2) is 10.7 Å². The first-order valence-electron chi connectivity index (χ1n) is 5.09. The Morgan fingerprint density at radius 1 is 1.43 bits per heavy atom. The zero-order chi connectivity index (χ0) is 9.80. The Morgan fingerprint density at radius 3 is 2.93 bits per heavy atom. The molecule has 3 heteroatoms. The van der Waals surface area contributed by atoms with Crippen molar-refractivity contribution >= 4 is 23.4 Å². The lowest BCUT2D eigenvalue weighted by Crippen LogP contribution is -1.96. The van der Waals surface area contributed by atoms with Crippen molar-refractivity contribution in [3.8, 4) is 0 Å². The van der Waals surface area contributed by atoms with Crippen LogP contribution in [0.1, 0.15) is 25.7 Å². The van der Waals surface area contributed by atoms with Gasteiger partial charge in [0.25, 0.3) is 0 Å². The second-order valence-electron chi connectivity index (χ2n) is 3.75. The van der Waals surface area contributed by atoms with Crippen LogP contribution in [0.4, 0.5) is 0 Å². The second-order valence-corrected chi connectivity index (χ2v) is 5.17. The summed E-state index contributed by atoms with van der Waals surface area (Å²) in [6.45, 7) is 0. The summed E-state index contributed by atoms with van der Waals surface area (Å²) in [6.07, 6.45) is 7.39. The molecule has 1 aromatic rings. The smallest absolute Gasteiger partial charge is 0.115 e. The third-order valence-corrected chi connectivity index (χ3v) is 4.31. The summed E-state index contributed by atoms with van der Waals surface area (Å²) in [4.78, 5) is 4.27. The quantitative estimate of drug-likeness (QED) is 0.724. The number of hydrogen-bond acceptors (Lipinski definition) is 2. The van der Waals surface area contributed by atoms with E-state index in [1.54, 1.807) is 11.8 Å². The molecule has 0 spiro atoms. The van der Waals surface area contributed by atoms with Crippen LogP contribution in [0.5, 0.6) is 0 Å². The normalized spacial score (nSPS) is 17.5. The van der Waals surface area contributed by atoms with Gasteiger partial charge in [-0.05, 0) is 30.9 Å². The van der Waals surface area contributed by atoms with Gasteiger partial charge in [0.15, 0.2) is 0 Å². The van der Waals surface area contributed by atoms with Crippen LogP contribution < -0.4 is 0 Å². The standard InChI is InChI=1S/C11H14ClNS/c12-10-6-3-7-13-11(10)14-8-9-4-1-2-5-9/h3,6-7,9H,1-2,4-5,8H2. The van der Waals surface area contributed by atoms with Gasteiger partial charge in [0.1, 0.15) is 5.03 Å². The van der Waals surface area contributed by atoms with Gasteiger partial charge in [0, 0.05) is 11.9 Å². The summed E-state index contributed by atoms with van der Waals surface area (Å²) in [6, 6.07) is 3.79. The lowest BCUT2D eigenvalue weighted by molar-refractivity contribution is 0.623. The molecule has 1 aromatic heterocycles. The zero-order valence-electron chi connectivity index (χ0n) is 8.08. The molecule has 76 valence electrons. The van der Waals surface area contributed by atoms with Gasteiger partial charge in [-0.25, -0.2) is 4.98 Å². The first kappa shape index (κ1) is 10.3. The highest BCUT2D eigenvalue weighted by Crippen LogP contribution is 2.32. The fourth-order valence-electron chi connectivity index (χ4n) is 1.85. The third kappa shape index (κ3) is 2.64. The minimum atomic E-state index is 0.787. The molecular weight excluding hydrogens is 214 g/mol. The van der Waals surface area contributed by atoms with Crippen molar-refractivity contribution < 1.29 is 0 Å². The van der Waals surface area contributed by atoms with Gasteiger partial charge in [0.2, 0.25) is 0 Å². The van der Waals surface area contributed by atoms with E-state index in [0.29, 0.717) is 0 Å². The molecule has 0 amide bonds. The molecule has 0 atom stereocenters. The maximum absolute atomic E-state index is 6.03. The van der Waals surface area contributed by atoms with Gasteiger partial charge in [-0.1, -0.05) is 24.4 Å². The average Bonchev–Trinajstić information content (AvgIpc) is 2.69. The van der Waals surface area contributed by atoms with E-state index in [1.807, 2.05) is 18.3 Å². The van der Waals surface area contributed by atoms with Crippen molar-refractivity contribution in [1.29, 1.82) is 0 Å². The summed E-state index contributed by atoms with van der Waals surface area (Å²) < 4.78 is 0. The van der Waals surface area contributed by atoms with E-state index >= 15 is 0 Å². The first-order valence-corrected chi connectivity index (χ1v) is 6.46. The number of halogens is 1. The van der Waals surface area contributed by atoms with Crippen molar-refractivity contribution in [3.05, 3.63) is 23.4 Å². The minimum Gasteiger partial charge on any atom is -0.248 e. The Labute approximate surface area is 94.3 Å². The van der Waals surface area contributed by atoms with Crippen molar-refractivity contribution in [3.63, 3.8) is 0 Å². The van der Waals surface area contributed by atoms with E-state index < -0.39 is 0 Å². The van der Waals surface area contributed by atoms with Crippen molar-refractivity contribution in [2.24, 2.45) is 5.92 Å². The Bertz CT molecular complexity index is 297. The number of thioether (sulfide) groups is 1. The predicted molar refractivity (Wildman–Crippen MR) is 61.9 cm³/mol. The van der Waals surface area contributed by atoms with Gasteiger partial charge in [-0.3, -0.25) is 0 Å². The number of pyridine rings is 1. The highest BCUT2D eigenvalue weighted by molar-refractivity contribution is 7.99. The fraction of sp³-hybridized carbons (Fsp3) is 0.545. The van der Waals surface area contributed by atoms with Crippen LogP contribution in [0.2, 0.25) is 5.02 Å². The van der Waals surface area contributed by atoms with E-state index in [2.05, 4.69) is 4.98 Å². The lowest BCUT2D eigenvalue weighted by atomic mass is 10.1. The molecule has 2 rings (SSSR count). The van der Waals surface area contributed by atoms with E-state index in [1.165, 1.54) is 31.4 Å². The Balaban J connectivity index is 1.88. The third-order valence-electron chi connectivity index (χ3n) is 2.66. The van der Waals surface area contributed by atoms with E-state index in [-0.39, 0.29) is 0 Å². The molecule has 0 radical (unpaired) electrons. The molecule has 0 aliphatic heterocycles. The molecule has 0 bridgehead atoms. The summed E-state index contributed by atoms with van der Waals surface area (Å²) in [5, 5.41) is 1.77. The number of nitrogens with zero attached hydrogens (tertiary/aromatic N) is 1. The lowest BCUT2D eigenvalue weighted by Gasteiger charge is -2.07. The molecule has 0 N–H and O–H groups in total. The SMILES string of the molecule is Clc1cccnc1SCC1CCCC1. The molecule has 1 nitrogen and oxygen atoms in total. The van der Waals surface area contributed by atoms with E-state index in [0.717, 1.165) is 16.0 Å². The molecule has 0 unspecified atom stereocenters. The van der Waals surface area contributed by atoms with Crippen LogP contribution >= 0.6 is 23.4 Å². The molecule has 14 heavy (non-hydrogen) atoms. The Kier molecular flexibility index (Phi) is 3.71. The monoisotopic (exact) mass is 227 g/mol. The summed E-state index contributed by atoms with van der Waals surface area (Å²) in [7, 11) is 0.